The Kier molecular flexibility index (Phi) is 10.7. The standard InChI is InChI=1S/C15H31NO4S/c1-4-6-7-8-9-10-13(5-2)16-14(15(17)18)11-12-21(3,19)20/h13-14,16H,4-12H2,1-3H3,(H,17,18). The SMILES string of the molecule is CCCCCCCC(CC)NC(CCS(C)(=O)=O)C(=O)O. The number of rotatable bonds is 13. The van der Waals surface area contributed by atoms with Crippen molar-refractivity contribution in [2.45, 2.75) is 77.3 Å². The predicted octanol–water partition coefficient (Wildman–Crippen LogP) is 2.60. The van der Waals surface area contributed by atoms with Crippen LogP contribution >= 0.6 is 0 Å². The van der Waals surface area contributed by atoms with Crippen molar-refractivity contribution >= 4 is 15.8 Å². The zero-order valence-corrected chi connectivity index (χ0v) is 14.4. The summed E-state index contributed by atoms with van der Waals surface area (Å²) in [7, 11) is -3.13. The summed E-state index contributed by atoms with van der Waals surface area (Å²) < 4.78 is 22.3. The Labute approximate surface area is 129 Å². The Morgan fingerprint density at radius 2 is 1.71 bits per heavy atom. The molecule has 0 amide bonds. The van der Waals surface area contributed by atoms with Gasteiger partial charge in [-0.2, -0.15) is 0 Å². The minimum Gasteiger partial charge on any atom is -0.480 e. The topological polar surface area (TPSA) is 83.5 Å². The highest BCUT2D eigenvalue weighted by Crippen LogP contribution is 2.11. The number of carboxylic acids is 1. The molecule has 0 aliphatic heterocycles. The maximum Gasteiger partial charge on any atom is 0.320 e. The van der Waals surface area contributed by atoms with Gasteiger partial charge in [-0.25, -0.2) is 8.42 Å². The van der Waals surface area contributed by atoms with Crippen molar-refractivity contribution < 1.29 is 18.3 Å². The third-order valence-electron chi connectivity index (χ3n) is 3.66. The van der Waals surface area contributed by atoms with Crippen LogP contribution in [0, 0.1) is 0 Å². The molecule has 2 unspecified atom stereocenters. The lowest BCUT2D eigenvalue weighted by Crippen LogP contribution is -2.44. The maximum absolute atomic E-state index is 11.2. The van der Waals surface area contributed by atoms with E-state index in [-0.39, 0.29) is 18.2 Å². The first-order chi connectivity index (χ1) is 9.80. The van der Waals surface area contributed by atoms with Gasteiger partial charge in [-0.05, 0) is 19.3 Å². The third kappa shape index (κ3) is 11.7. The summed E-state index contributed by atoms with van der Waals surface area (Å²) in [5.41, 5.74) is 0. The number of nitrogens with one attached hydrogen (secondary N) is 1. The average molecular weight is 321 g/mol. The van der Waals surface area contributed by atoms with E-state index in [2.05, 4.69) is 12.2 Å². The van der Waals surface area contributed by atoms with Crippen molar-refractivity contribution in [3.8, 4) is 0 Å². The normalized spacial score (nSPS) is 14.8. The van der Waals surface area contributed by atoms with Crippen molar-refractivity contribution in [3.63, 3.8) is 0 Å². The summed E-state index contributed by atoms with van der Waals surface area (Å²) in [5, 5.41) is 12.3. The fourth-order valence-electron chi connectivity index (χ4n) is 2.29. The van der Waals surface area contributed by atoms with Crippen molar-refractivity contribution in [1.82, 2.24) is 5.32 Å². The molecule has 5 nitrogen and oxygen atoms in total. The van der Waals surface area contributed by atoms with Gasteiger partial charge in [0.15, 0.2) is 0 Å². The molecule has 0 aromatic heterocycles. The van der Waals surface area contributed by atoms with Gasteiger partial charge < -0.3 is 10.4 Å². The van der Waals surface area contributed by atoms with Gasteiger partial charge in [0.05, 0.1) is 5.75 Å². The highest BCUT2D eigenvalue weighted by atomic mass is 32.2. The lowest BCUT2D eigenvalue weighted by Gasteiger charge is -2.22. The summed E-state index contributed by atoms with van der Waals surface area (Å²) in [6.07, 6.45) is 9.01. The lowest BCUT2D eigenvalue weighted by molar-refractivity contribution is -0.139. The van der Waals surface area contributed by atoms with Gasteiger partial charge in [-0.3, -0.25) is 4.79 Å². The summed E-state index contributed by atoms with van der Waals surface area (Å²) in [5.74, 6) is -1.06. The molecule has 0 aromatic rings. The first kappa shape index (κ1) is 20.4. The van der Waals surface area contributed by atoms with E-state index >= 15 is 0 Å². The van der Waals surface area contributed by atoms with Gasteiger partial charge in [-0.15, -0.1) is 0 Å². The molecule has 0 radical (unpaired) electrons. The van der Waals surface area contributed by atoms with Gasteiger partial charge in [0.25, 0.3) is 0 Å². The Morgan fingerprint density at radius 3 is 2.19 bits per heavy atom. The maximum atomic E-state index is 11.2. The molecule has 2 atom stereocenters. The van der Waals surface area contributed by atoms with Crippen molar-refractivity contribution in [3.05, 3.63) is 0 Å². The fraction of sp³-hybridized carbons (Fsp3) is 0.933. The molecule has 0 fully saturated rings. The van der Waals surface area contributed by atoms with Crippen LogP contribution in [-0.4, -0.2) is 43.6 Å². The lowest BCUT2D eigenvalue weighted by atomic mass is 10.0. The second-order valence-corrected chi connectivity index (χ2v) is 8.04. The molecule has 0 spiro atoms. The Hall–Kier alpha value is -0.620. The molecule has 2 N–H and O–H groups in total. The van der Waals surface area contributed by atoms with E-state index in [0.717, 1.165) is 25.5 Å². The summed E-state index contributed by atoms with van der Waals surface area (Å²) in [4.78, 5) is 11.2. The van der Waals surface area contributed by atoms with Crippen LogP contribution in [0.15, 0.2) is 0 Å². The molecular formula is C15H31NO4S. The molecule has 21 heavy (non-hydrogen) atoms. The average Bonchev–Trinajstić information content (AvgIpc) is 2.39. The van der Waals surface area contributed by atoms with Crippen molar-refractivity contribution in [2.24, 2.45) is 0 Å². The number of carbonyl (C=O) groups is 1. The van der Waals surface area contributed by atoms with E-state index in [4.69, 9.17) is 0 Å². The molecule has 126 valence electrons. The zero-order valence-electron chi connectivity index (χ0n) is 13.6. The van der Waals surface area contributed by atoms with E-state index in [9.17, 15) is 18.3 Å². The van der Waals surface area contributed by atoms with Crippen LogP contribution in [0.4, 0.5) is 0 Å². The first-order valence-corrected chi connectivity index (χ1v) is 10.0. The molecule has 0 saturated carbocycles. The molecule has 0 rings (SSSR count). The highest BCUT2D eigenvalue weighted by Gasteiger charge is 2.22. The molecule has 0 aliphatic rings. The molecular weight excluding hydrogens is 290 g/mol. The van der Waals surface area contributed by atoms with Gasteiger partial charge in [0.1, 0.15) is 15.9 Å². The van der Waals surface area contributed by atoms with Gasteiger partial charge in [0.2, 0.25) is 0 Å². The van der Waals surface area contributed by atoms with Gasteiger partial charge in [-0.1, -0.05) is 46.0 Å². The van der Waals surface area contributed by atoms with Crippen LogP contribution in [0.3, 0.4) is 0 Å². The molecule has 0 saturated heterocycles. The number of aliphatic carboxylic acids is 1. The Bertz CT molecular complexity index is 381. The van der Waals surface area contributed by atoms with Gasteiger partial charge >= 0.3 is 5.97 Å². The highest BCUT2D eigenvalue weighted by molar-refractivity contribution is 7.90. The van der Waals surface area contributed by atoms with E-state index in [1.807, 2.05) is 6.92 Å². The largest absolute Gasteiger partial charge is 0.480 e. The molecule has 0 aliphatic carbocycles. The van der Waals surface area contributed by atoms with Crippen LogP contribution in [0.25, 0.3) is 0 Å². The molecule has 6 heteroatoms. The van der Waals surface area contributed by atoms with E-state index in [0.29, 0.717) is 0 Å². The van der Waals surface area contributed by atoms with Crippen LogP contribution in [0.5, 0.6) is 0 Å². The van der Waals surface area contributed by atoms with Crippen LogP contribution in [-0.2, 0) is 14.6 Å². The summed E-state index contributed by atoms with van der Waals surface area (Å²) >= 11 is 0. The smallest absolute Gasteiger partial charge is 0.320 e. The molecule has 0 aromatic carbocycles. The number of unbranched alkanes of at least 4 members (excludes halogenated alkanes) is 4. The third-order valence-corrected chi connectivity index (χ3v) is 4.64. The number of hydrogen-bond acceptors (Lipinski definition) is 4. The second kappa shape index (κ2) is 11.0. The number of sulfone groups is 1. The van der Waals surface area contributed by atoms with Crippen LogP contribution < -0.4 is 5.32 Å². The van der Waals surface area contributed by atoms with Gasteiger partial charge in [0, 0.05) is 12.3 Å². The van der Waals surface area contributed by atoms with E-state index in [1.54, 1.807) is 0 Å². The number of carboxylic acid groups (broad SMARTS) is 1. The van der Waals surface area contributed by atoms with E-state index in [1.165, 1.54) is 25.7 Å². The minimum absolute atomic E-state index is 0.0934. The van der Waals surface area contributed by atoms with Crippen LogP contribution in [0.2, 0.25) is 0 Å². The monoisotopic (exact) mass is 321 g/mol. The van der Waals surface area contributed by atoms with E-state index < -0.39 is 21.8 Å². The molecule has 0 heterocycles. The van der Waals surface area contributed by atoms with Crippen LogP contribution in [0.1, 0.15) is 65.2 Å². The predicted molar refractivity (Wildman–Crippen MR) is 86.3 cm³/mol. The fourth-order valence-corrected chi connectivity index (χ4v) is 2.96. The molecule has 0 bridgehead atoms. The first-order valence-electron chi connectivity index (χ1n) is 7.96. The summed E-state index contributed by atoms with van der Waals surface area (Å²) in [6.45, 7) is 4.20. The zero-order chi connectivity index (χ0) is 16.3. The second-order valence-electron chi connectivity index (χ2n) is 5.78. The number of hydrogen-bond donors (Lipinski definition) is 2. The minimum atomic E-state index is -3.13. The van der Waals surface area contributed by atoms with Crippen molar-refractivity contribution in [2.75, 3.05) is 12.0 Å². The quantitative estimate of drug-likeness (QED) is 0.509. The Morgan fingerprint density at radius 1 is 1.10 bits per heavy atom. The Balaban J connectivity index is 4.21. The van der Waals surface area contributed by atoms with Crippen molar-refractivity contribution in [1.29, 1.82) is 0 Å². The summed E-state index contributed by atoms with van der Waals surface area (Å²) in [6, 6.07) is -0.632.